The van der Waals surface area contributed by atoms with Crippen LogP contribution in [-0.4, -0.2) is 62.8 Å². The number of ether oxygens (including phenoxy) is 1. The van der Waals surface area contributed by atoms with Crippen molar-refractivity contribution in [2.24, 2.45) is 4.99 Å². The molecule has 1 rings (SSSR count). The van der Waals surface area contributed by atoms with E-state index in [-0.39, 0.29) is 0 Å². The van der Waals surface area contributed by atoms with Gasteiger partial charge in [0.25, 0.3) is 0 Å². The van der Waals surface area contributed by atoms with Crippen molar-refractivity contribution in [2.45, 2.75) is 46.1 Å². The number of aliphatic imine (C=N–C) groups is 1. The fourth-order valence-corrected chi connectivity index (χ4v) is 2.58. The number of nitrogens with one attached hydrogen (secondary N) is 2. The molecular weight excluding hydrogens is 252 g/mol. The Morgan fingerprint density at radius 1 is 1.30 bits per heavy atom. The molecule has 0 aromatic rings. The monoisotopic (exact) mass is 284 g/mol. The number of rotatable bonds is 9. The molecule has 20 heavy (non-hydrogen) atoms. The SMILES string of the molecule is CCNC(=NCC1CCCN1CC)NCCCOCC. The largest absolute Gasteiger partial charge is 0.382 e. The van der Waals surface area contributed by atoms with Crippen LogP contribution in [0, 0.1) is 0 Å². The average molecular weight is 284 g/mol. The van der Waals surface area contributed by atoms with Crippen molar-refractivity contribution in [3.05, 3.63) is 0 Å². The van der Waals surface area contributed by atoms with Crippen molar-refractivity contribution in [2.75, 3.05) is 45.9 Å². The number of guanidine groups is 1. The summed E-state index contributed by atoms with van der Waals surface area (Å²) in [5, 5.41) is 6.69. The van der Waals surface area contributed by atoms with Crippen molar-refractivity contribution in [1.82, 2.24) is 15.5 Å². The van der Waals surface area contributed by atoms with E-state index < -0.39 is 0 Å². The van der Waals surface area contributed by atoms with E-state index in [0.29, 0.717) is 6.04 Å². The molecule has 1 unspecified atom stereocenters. The molecule has 1 saturated heterocycles. The van der Waals surface area contributed by atoms with Crippen LogP contribution in [0.2, 0.25) is 0 Å². The van der Waals surface area contributed by atoms with Gasteiger partial charge >= 0.3 is 0 Å². The number of likely N-dealkylation sites (N-methyl/N-ethyl adjacent to an activating group) is 1. The van der Waals surface area contributed by atoms with Crippen LogP contribution in [0.15, 0.2) is 4.99 Å². The van der Waals surface area contributed by atoms with Crippen molar-refractivity contribution in [3.63, 3.8) is 0 Å². The lowest BCUT2D eigenvalue weighted by Crippen LogP contribution is -2.39. The molecule has 0 aromatic carbocycles. The molecule has 1 aliphatic heterocycles. The maximum Gasteiger partial charge on any atom is 0.191 e. The average Bonchev–Trinajstić information content (AvgIpc) is 2.91. The van der Waals surface area contributed by atoms with Gasteiger partial charge in [0.2, 0.25) is 0 Å². The van der Waals surface area contributed by atoms with E-state index >= 15 is 0 Å². The Morgan fingerprint density at radius 2 is 2.15 bits per heavy atom. The molecule has 0 spiro atoms. The minimum absolute atomic E-state index is 0.624. The van der Waals surface area contributed by atoms with E-state index in [0.717, 1.165) is 51.8 Å². The van der Waals surface area contributed by atoms with Crippen LogP contribution in [0.3, 0.4) is 0 Å². The molecule has 1 aliphatic rings. The summed E-state index contributed by atoms with van der Waals surface area (Å²) in [6, 6.07) is 0.624. The van der Waals surface area contributed by atoms with Crippen LogP contribution in [0.5, 0.6) is 0 Å². The topological polar surface area (TPSA) is 48.9 Å². The maximum atomic E-state index is 5.34. The smallest absolute Gasteiger partial charge is 0.191 e. The molecule has 0 bridgehead atoms. The second-order valence-electron chi connectivity index (χ2n) is 5.12. The van der Waals surface area contributed by atoms with E-state index in [9.17, 15) is 0 Å². The lowest BCUT2D eigenvalue weighted by Gasteiger charge is -2.21. The highest BCUT2D eigenvalue weighted by molar-refractivity contribution is 5.79. The summed E-state index contributed by atoms with van der Waals surface area (Å²) in [4.78, 5) is 7.25. The Hall–Kier alpha value is -0.810. The van der Waals surface area contributed by atoms with Crippen LogP contribution in [-0.2, 0) is 4.74 Å². The molecule has 5 nitrogen and oxygen atoms in total. The first-order valence-corrected chi connectivity index (χ1v) is 8.15. The number of likely N-dealkylation sites (tertiary alicyclic amines) is 1. The Bertz CT molecular complexity index is 271. The second kappa shape index (κ2) is 10.9. The molecule has 0 saturated carbocycles. The van der Waals surface area contributed by atoms with Crippen molar-refractivity contribution < 1.29 is 4.74 Å². The van der Waals surface area contributed by atoms with Crippen molar-refractivity contribution >= 4 is 5.96 Å². The number of hydrogen-bond acceptors (Lipinski definition) is 3. The molecule has 0 aliphatic carbocycles. The minimum Gasteiger partial charge on any atom is -0.382 e. The fourth-order valence-electron chi connectivity index (χ4n) is 2.58. The van der Waals surface area contributed by atoms with E-state index in [4.69, 9.17) is 9.73 Å². The molecular formula is C15H32N4O. The molecule has 5 heteroatoms. The number of nitrogens with zero attached hydrogens (tertiary/aromatic N) is 2. The summed E-state index contributed by atoms with van der Waals surface area (Å²) in [5.41, 5.74) is 0. The highest BCUT2D eigenvalue weighted by Crippen LogP contribution is 2.16. The highest BCUT2D eigenvalue weighted by Gasteiger charge is 2.22. The molecule has 0 radical (unpaired) electrons. The lowest BCUT2D eigenvalue weighted by molar-refractivity contribution is 0.145. The molecule has 0 aromatic heterocycles. The van der Waals surface area contributed by atoms with Gasteiger partial charge in [-0.15, -0.1) is 0 Å². The van der Waals surface area contributed by atoms with E-state index in [1.165, 1.54) is 19.4 Å². The molecule has 1 fully saturated rings. The van der Waals surface area contributed by atoms with Crippen LogP contribution >= 0.6 is 0 Å². The van der Waals surface area contributed by atoms with E-state index in [2.05, 4.69) is 29.4 Å². The van der Waals surface area contributed by atoms with E-state index in [1.54, 1.807) is 0 Å². The first-order chi connectivity index (χ1) is 9.81. The predicted molar refractivity (Wildman–Crippen MR) is 85.4 cm³/mol. The summed E-state index contributed by atoms with van der Waals surface area (Å²) in [5.74, 6) is 0.937. The van der Waals surface area contributed by atoms with Gasteiger partial charge in [0.05, 0.1) is 6.54 Å². The van der Waals surface area contributed by atoms with Crippen LogP contribution in [0.4, 0.5) is 0 Å². The molecule has 1 atom stereocenters. The zero-order chi connectivity index (χ0) is 14.6. The Kier molecular flexibility index (Phi) is 9.41. The lowest BCUT2D eigenvalue weighted by atomic mass is 10.2. The van der Waals surface area contributed by atoms with Crippen LogP contribution in [0.25, 0.3) is 0 Å². The molecule has 1 heterocycles. The van der Waals surface area contributed by atoms with Crippen LogP contribution < -0.4 is 10.6 Å². The highest BCUT2D eigenvalue weighted by atomic mass is 16.5. The standard InChI is InChI=1S/C15H32N4O/c1-4-16-15(17-10-8-12-20-6-3)18-13-14-9-7-11-19(14)5-2/h14H,4-13H2,1-3H3,(H2,16,17,18). The van der Waals surface area contributed by atoms with Gasteiger partial charge in [-0.2, -0.15) is 0 Å². The zero-order valence-electron chi connectivity index (χ0n) is 13.5. The fraction of sp³-hybridized carbons (Fsp3) is 0.933. The zero-order valence-corrected chi connectivity index (χ0v) is 13.5. The third kappa shape index (κ3) is 6.57. The quantitative estimate of drug-likeness (QED) is 0.382. The maximum absolute atomic E-state index is 5.34. The molecule has 118 valence electrons. The Balaban J connectivity index is 2.30. The summed E-state index contributed by atoms with van der Waals surface area (Å²) < 4.78 is 5.34. The first kappa shape index (κ1) is 17.2. The number of hydrogen-bond donors (Lipinski definition) is 2. The summed E-state index contributed by atoms with van der Waals surface area (Å²) >= 11 is 0. The summed E-state index contributed by atoms with van der Waals surface area (Å²) in [7, 11) is 0. The molecule has 0 amide bonds. The van der Waals surface area contributed by atoms with Gasteiger partial charge < -0.3 is 15.4 Å². The van der Waals surface area contributed by atoms with Gasteiger partial charge in [-0.25, -0.2) is 0 Å². The first-order valence-electron chi connectivity index (χ1n) is 8.15. The van der Waals surface area contributed by atoms with E-state index in [1.807, 2.05) is 6.92 Å². The Labute approximate surface area is 124 Å². The Morgan fingerprint density at radius 3 is 2.85 bits per heavy atom. The van der Waals surface area contributed by atoms with Crippen molar-refractivity contribution in [3.8, 4) is 0 Å². The van der Waals surface area contributed by atoms with Gasteiger partial charge in [0.15, 0.2) is 5.96 Å². The van der Waals surface area contributed by atoms with Gasteiger partial charge in [-0.1, -0.05) is 6.92 Å². The van der Waals surface area contributed by atoms with Gasteiger partial charge in [-0.3, -0.25) is 9.89 Å². The van der Waals surface area contributed by atoms with Gasteiger partial charge in [0, 0.05) is 32.3 Å². The van der Waals surface area contributed by atoms with Crippen LogP contribution in [0.1, 0.15) is 40.0 Å². The van der Waals surface area contributed by atoms with Crippen molar-refractivity contribution in [1.29, 1.82) is 0 Å². The summed E-state index contributed by atoms with van der Waals surface area (Å²) in [6.07, 6.45) is 3.61. The third-order valence-electron chi connectivity index (χ3n) is 3.67. The van der Waals surface area contributed by atoms with Gasteiger partial charge in [-0.05, 0) is 46.2 Å². The molecule has 2 N–H and O–H groups in total. The second-order valence-corrected chi connectivity index (χ2v) is 5.12. The van der Waals surface area contributed by atoms with Gasteiger partial charge in [0.1, 0.15) is 0 Å². The normalized spacial score (nSPS) is 20.4. The minimum atomic E-state index is 0.624. The predicted octanol–water partition coefficient (Wildman–Crippen LogP) is 1.45. The third-order valence-corrected chi connectivity index (χ3v) is 3.67. The summed E-state index contributed by atoms with van der Waals surface area (Å²) in [6.45, 7) is 13.1.